The standard InChI is InChI=1S/C18H27N3O2S/c1-13-4-6-16(7-5-13)20-17(22)12-24-14(2)18(23)21-10-8-15(19-3)9-11-21/h4-7,14-15,19H,8-12H2,1-3H3,(H,20,22). The van der Waals surface area contributed by atoms with Gasteiger partial charge in [-0.3, -0.25) is 9.59 Å². The Morgan fingerprint density at radius 3 is 2.46 bits per heavy atom. The second-order valence-corrected chi connectivity index (χ2v) is 7.58. The van der Waals surface area contributed by atoms with Gasteiger partial charge in [0.15, 0.2) is 0 Å². The number of nitrogens with one attached hydrogen (secondary N) is 2. The second kappa shape index (κ2) is 9.08. The van der Waals surface area contributed by atoms with E-state index in [1.54, 1.807) is 0 Å². The number of thioether (sulfide) groups is 1. The summed E-state index contributed by atoms with van der Waals surface area (Å²) in [5, 5.41) is 5.93. The molecule has 0 aliphatic carbocycles. The lowest BCUT2D eigenvalue weighted by Crippen LogP contribution is -2.46. The predicted molar refractivity (Wildman–Crippen MR) is 100 cm³/mol. The van der Waals surface area contributed by atoms with Crippen LogP contribution in [-0.4, -0.2) is 53.9 Å². The lowest BCUT2D eigenvalue weighted by Gasteiger charge is -2.33. The summed E-state index contributed by atoms with van der Waals surface area (Å²) < 4.78 is 0. The highest BCUT2D eigenvalue weighted by atomic mass is 32.2. The number of piperidine rings is 1. The molecule has 1 saturated heterocycles. The van der Waals surface area contributed by atoms with Gasteiger partial charge < -0.3 is 15.5 Å². The fourth-order valence-electron chi connectivity index (χ4n) is 2.75. The van der Waals surface area contributed by atoms with Crippen LogP contribution in [-0.2, 0) is 9.59 Å². The first-order valence-electron chi connectivity index (χ1n) is 8.43. The van der Waals surface area contributed by atoms with E-state index >= 15 is 0 Å². The second-order valence-electron chi connectivity index (χ2n) is 6.26. The van der Waals surface area contributed by atoms with Crippen molar-refractivity contribution in [3.8, 4) is 0 Å². The zero-order valence-corrected chi connectivity index (χ0v) is 15.5. The fourth-order valence-corrected chi connectivity index (χ4v) is 3.52. The zero-order chi connectivity index (χ0) is 17.5. The monoisotopic (exact) mass is 349 g/mol. The lowest BCUT2D eigenvalue weighted by molar-refractivity contribution is -0.131. The smallest absolute Gasteiger partial charge is 0.235 e. The van der Waals surface area contributed by atoms with Crippen LogP contribution in [0.1, 0.15) is 25.3 Å². The number of hydrogen-bond donors (Lipinski definition) is 2. The summed E-state index contributed by atoms with van der Waals surface area (Å²) in [6.07, 6.45) is 1.99. The number of likely N-dealkylation sites (tertiary alicyclic amines) is 1. The molecule has 1 atom stereocenters. The number of hydrogen-bond acceptors (Lipinski definition) is 4. The maximum Gasteiger partial charge on any atom is 0.235 e. The molecule has 6 heteroatoms. The van der Waals surface area contributed by atoms with Crippen LogP contribution in [0.25, 0.3) is 0 Å². The van der Waals surface area contributed by atoms with Crippen LogP contribution in [0.4, 0.5) is 5.69 Å². The highest BCUT2D eigenvalue weighted by Gasteiger charge is 2.25. The van der Waals surface area contributed by atoms with Gasteiger partial charge >= 0.3 is 0 Å². The molecule has 0 saturated carbocycles. The Morgan fingerprint density at radius 1 is 1.25 bits per heavy atom. The van der Waals surface area contributed by atoms with Crippen LogP contribution in [0.2, 0.25) is 0 Å². The number of anilines is 1. The lowest BCUT2D eigenvalue weighted by atomic mass is 10.1. The largest absolute Gasteiger partial charge is 0.342 e. The Balaban J connectivity index is 1.73. The number of benzene rings is 1. The first-order chi connectivity index (χ1) is 11.5. The van der Waals surface area contributed by atoms with E-state index in [1.165, 1.54) is 11.8 Å². The van der Waals surface area contributed by atoms with Gasteiger partial charge in [0, 0.05) is 24.8 Å². The molecule has 1 heterocycles. The van der Waals surface area contributed by atoms with E-state index in [2.05, 4.69) is 10.6 Å². The molecule has 0 aromatic heterocycles. The third-order valence-electron chi connectivity index (χ3n) is 4.36. The van der Waals surface area contributed by atoms with Gasteiger partial charge in [0.05, 0.1) is 11.0 Å². The summed E-state index contributed by atoms with van der Waals surface area (Å²) in [4.78, 5) is 26.4. The van der Waals surface area contributed by atoms with E-state index in [1.807, 2.05) is 50.1 Å². The number of nitrogens with zero attached hydrogens (tertiary/aromatic N) is 1. The highest BCUT2D eigenvalue weighted by molar-refractivity contribution is 8.01. The van der Waals surface area contributed by atoms with Crippen molar-refractivity contribution in [1.29, 1.82) is 0 Å². The molecule has 1 fully saturated rings. The molecule has 1 aromatic carbocycles. The van der Waals surface area contributed by atoms with Gasteiger partial charge in [-0.2, -0.15) is 0 Å². The Kier molecular flexibility index (Phi) is 7.12. The van der Waals surface area contributed by atoms with Crippen molar-refractivity contribution < 1.29 is 9.59 Å². The predicted octanol–water partition coefficient (Wildman–Crippen LogP) is 2.27. The van der Waals surface area contributed by atoms with Gasteiger partial charge in [-0.15, -0.1) is 11.8 Å². The van der Waals surface area contributed by atoms with E-state index in [9.17, 15) is 9.59 Å². The average Bonchev–Trinajstić information content (AvgIpc) is 2.61. The van der Waals surface area contributed by atoms with Gasteiger partial charge in [-0.1, -0.05) is 17.7 Å². The summed E-state index contributed by atoms with van der Waals surface area (Å²) >= 11 is 1.40. The van der Waals surface area contributed by atoms with Crippen molar-refractivity contribution in [2.24, 2.45) is 0 Å². The molecular formula is C18H27N3O2S. The molecule has 1 unspecified atom stereocenters. The van der Waals surface area contributed by atoms with Crippen molar-refractivity contribution in [3.05, 3.63) is 29.8 Å². The minimum atomic E-state index is -0.195. The maximum absolute atomic E-state index is 12.5. The number of rotatable bonds is 6. The van der Waals surface area contributed by atoms with Crippen LogP contribution in [0.3, 0.4) is 0 Å². The quantitative estimate of drug-likeness (QED) is 0.827. The number of carbonyl (C=O) groups excluding carboxylic acids is 2. The van der Waals surface area contributed by atoms with Gasteiger partial charge in [0.25, 0.3) is 0 Å². The van der Waals surface area contributed by atoms with E-state index in [0.29, 0.717) is 6.04 Å². The number of amides is 2. The van der Waals surface area contributed by atoms with Crippen LogP contribution in [0, 0.1) is 6.92 Å². The minimum absolute atomic E-state index is 0.0719. The third kappa shape index (κ3) is 5.53. The highest BCUT2D eigenvalue weighted by Crippen LogP contribution is 2.18. The molecule has 2 N–H and O–H groups in total. The molecule has 24 heavy (non-hydrogen) atoms. The molecular weight excluding hydrogens is 322 g/mol. The maximum atomic E-state index is 12.5. The average molecular weight is 350 g/mol. The molecule has 0 radical (unpaired) electrons. The minimum Gasteiger partial charge on any atom is -0.342 e. The summed E-state index contributed by atoms with van der Waals surface area (Å²) in [5.74, 6) is 0.350. The molecule has 1 aromatic rings. The van der Waals surface area contributed by atoms with Crippen LogP contribution in [0.5, 0.6) is 0 Å². The normalized spacial score (nSPS) is 16.7. The van der Waals surface area contributed by atoms with Crippen molar-refractivity contribution >= 4 is 29.3 Å². The van der Waals surface area contributed by atoms with Crippen molar-refractivity contribution in [2.75, 3.05) is 31.2 Å². The number of aryl methyl sites for hydroxylation is 1. The van der Waals surface area contributed by atoms with Crippen LogP contribution in [0.15, 0.2) is 24.3 Å². The summed E-state index contributed by atoms with van der Waals surface area (Å²) in [7, 11) is 1.97. The fraction of sp³-hybridized carbons (Fsp3) is 0.556. The SMILES string of the molecule is CNC1CCN(C(=O)C(C)SCC(=O)Nc2ccc(C)cc2)CC1. The van der Waals surface area contributed by atoms with Crippen LogP contribution >= 0.6 is 11.8 Å². The zero-order valence-electron chi connectivity index (χ0n) is 14.7. The molecule has 132 valence electrons. The van der Waals surface area contributed by atoms with Gasteiger partial charge in [0.1, 0.15) is 0 Å². The third-order valence-corrected chi connectivity index (χ3v) is 5.49. The van der Waals surface area contributed by atoms with Crippen molar-refractivity contribution in [1.82, 2.24) is 10.2 Å². The summed E-state index contributed by atoms with van der Waals surface area (Å²) in [6, 6.07) is 8.21. The van der Waals surface area contributed by atoms with Gasteiger partial charge in [0.2, 0.25) is 11.8 Å². The van der Waals surface area contributed by atoms with E-state index in [4.69, 9.17) is 0 Å². The first kappa shape index (κ1) is 18.8. The van der Waals surface area contributed by atoms with Gasteiger partial charge in [-0.05, 0) is 45.9 Å². The Labute approximate surface area is 148 Å². The number of carbonyl (C=O) groups is 2. The molecule has 1 aliphatic rings. The Hall–Kier alpha value is -1.53. The van der Waals surface area contributed by atoms with Crippen molar-refractivity contribution in [2.45, 2.75) is 38.0 Å². The molecule has 2 amide bonds. The Morgan fingerprint density at radius 2 is 1.88 bits per heavy atom. The summed E-state index contributed by atoms with van der Waals surface area (Å²) in [5.41, 5.74) is 1.95. The van der Waals surface area contributed by atoms with Crippen molar-refractivity contribution in [3.63, 3.8) is 0 Å². The van der Waals surface area contributed by atoms with E-state index in [0.717, 1.165) is 37.2 Å². The topological polar surface area (TPSA) is 61.4 Å². The molecule has 1 aliphatic heterocycles. The van der Waals surface area contributed by atoms with E-state index in [-0.39, 0.29) is 22.8 Å². The molecule has 5 nitrogen and oxygen atoms in total. The van der Waals surface area contributed by atoms with E-state index < -0.39 is 0 Å². The Bertz CT molecular complexity index is 554. The first-order valence-corrected chi connectivity index (χ1v) is 9.48. The van der Waals surface area contributed by atoms with Crippen LogP contribution < -0.4 is 10.6 Å². The van der Waals surface area contributed by atoms with Gasteiger partial charge in [-0.25, -0.2) is 0 Å². The molecule has 2 rings (SSSR count). The summed E-state index contributed by atoms with van der Waals surface area (Å²) in [6.45, 7) is 5.49. The molecule has 0 bridgehead atoms. The molecule has 0 spiro atoms.